The Bertz CT molecular complexity index is 484. The van der Waals surface area contributed by atoms with Crippen LogP contribution in [0.3, 0.4) is 0 Å². The molecule has 1 aromatic carbocycles. The summed E-state index contributed by atoms with van der Waals surface area (Å²) in [6.45, 7) is 3.17. The van der Waals surface area contributed by atoms with Crippen molar-refractivity contribution in [1.82, 2.24) is 9.80 Å². The van der Waals surface area contributed by atoms with Crippen LogP contribution in [0.4, 0.5) is 0 Å². The van der Waals surface area contributed by atoms with E-state index in [2.05, 4.69) is 4.90 Å². The van der Waals surface area contributed by atoms with Crippen LogP contribution in [0.1, 0.15) is 18.4 Å². The second-order valence-electron chi connectivity index (χ2n) is 5.42. The Morgan fingerprint density at radius 3 is 2.48 bits per heavy atom. The van der Waals surface area contributed by atoms with Crippen LogP contribution in [0.5, 0.6) is 11.5 Å². The molecule has 0 saturated carbocycles. The van der Waals surface area contributed by atoms with Crippen LogP contribution in [0, 0.1) is 0 Å². The Labute approximate surface area is 126 Å². The van der Waals surface area contributed by atoms with Gasteiger partial charge in [0.05, 0.1) is 20.8 Å². The lowest BCUT2D eigenvalue weighted by Gasteiger charge is -2.21. The zero-order chi connectivity index (χ0) is 15.2. The lowest BCUT2D eigenvalue weighted by Crippen LogP contribution is -2.36. The van der Waals surface area contributed by atoms with Crippen LogP contribution >= 0.6 is 0 Å². The van der Waals surface area contributed by atoms with Gasteiger partial charge in [-0.1, -0.05) is 6.07 Å². The van der Waals surface area contributed by atoms with Crippen molar-refractivity contribution in [3.63, 3.8) is 0 Å². The maximum Gasteiger partial charge on any atom is 0.236 e. The molecule has 21 heavy (non-hydrogen) atoms. The molecule has 0 N–H and O–H groups in total. The smallest absolute Gasteiger partial charge is 0.236 e. The highest BCUT2D eigenvalue weighted by Gasteiger charge is 2.18. The monoisotopic (exact) mass is 292 g/mol. The lowest BCUT2D eigenvalue weighted by atomic mass is 10.2. The number of amides is 1. The van der Waals surface area contributed by atoms with Gasteiger partial charge in [0.1, 0.15) is 0 Å². The van der Waals surface area contributed by atoms with Gasteiger partial charge in [-0.25, -0.2) is 0 Å². The zero-order valence-electron chi connectivity index (χ0n) is 13.1. The van der Waals surface area contributed by atoms with E-state index in [0.29, 0.717) is 24.6 Å². The summed E-state index contributed by atoms with van der Waals surface area (Å²) < 4.78 is 10.5. The molecule has 1 amide bonds. The van der Waals surface area contributed by atoms with Gasteiger partial charge in [0, 0.05) is 13.6 Å². The van der Waals surface area contributed by atoms with Gasteiger partial charge in [-0.2, -0.15) is 0 Å². The predicted molar refractivity (Wildman–Crippen MR) is 81.7 cm³/mol. The molecule has 1 aliphatic heterocycles. The summed E-state index contributed by atoms with van der Waals surface area (Å²) in [4.78, 5) is 16.2. The average molecular weight is 292 g/mol. The molecule has 1 aliphatic rings. The third-order valence-corrected chi connectivity index (χ3v) is 3.85. The third-order valence-electron chi connectivity index (χ3n) is 3.85. The van der Waals surface area contributed by atoms with Crippen molar-refractivity contribution in [2.75, 3.05) is 40.9 Å². The standard InChI is InChI=1S/C16H24N2O3/c1-17(16(19)12-18-8-4-5-9-18)11-13-6-7-14(20-2)15(10-13)21-3/h6-7,10H,4-5,8-9,11-12H2,1-3H3. The summed E-state index contributed by atoms with van der Waals surface area (Å²) in [7, 11) is 5.07. The molecule has 2 rings (SSSR count). The maximum absolute atomic E-state index is 12.2. The van der Waals surface area contributed by atoms with E-state index in [0.717, 1.165) is 18.7 Å². The molecule has 0 atom stereocenters. The van der Waals surface area contributed by atoms with Gasteiger partial charge in [-0.3, -0.25) is 9.69 Å². The van der Waals surface area contributed by atoms with E-state index in [1.165, 1.54) is 12.8 Å². The molecule has 116 valence electrons. The summed E-state index contributed by atoms with van der Waals surface area (Å²) in [6.07, 6.45) is 2.40. The van der Waals surface area contributed by atoms with E-state index in [1.54, 1.807) is 19.1 Å². The van der Waals surface area contributed by atoms with Crippen LogP contribution in [-0.2, 0) is 11.3 Å². The number of ether oxygens (including phenoxy) is 2. The van der Waals surface area contributed by atoms with Crippen LogP contribution < -0.4 is 9.47 Å². The Balaban J connectivity index is 1.94. The number of methoxy groups -OCH3 is 2. The molecular formula is C16H24N2O3. The zero-order valence-corrected chi connectivity index (χ0v) is 13.1. The van der Waals surface area contributed by atoms with Crippen molar-refractivity contribution >= 4 is 5.91 Å². The summed E-state index contributed by atoms with van der Waals surface area (Å²) in [5.41, 5.74) is 1.03. The van der Waals surface area contributed by atoms with E-state index in [4.69, 9.17) is 9.47 Å². The van der Waals surface area contributed by atoms with E-state index >= 15 is 0 Å². The minimum absolute atomic E-state index is 0.159. The van der Waals surface area contributed by atoms with Crippen molar-refractivity contribution in [2.45, 2.75) is 19.4 Å². The van der Waals surface area contributed by atoms with Gasteiger partial charge in [0.25, 0.3) is 0 Å². The lowest BCUT2D eigenvalue weighted by molar-refractivity contribution is -0.131. The van der Waals surface area contributed by atoms with Gasteiger partial charge >= 0.3 is 0 Å². The van der Waals surface area contributed by atoms with Gasteiger partial charge in [0.2, 0.25) is 5.91 Å². The Kier molecular flexibility index (Phi) is 5.44. The summed E-state index contributed by atoms with van der Waals surface area (Å²) in [5, 5.41) is 0. The number of rotatable bonds is 6. The number of carbonyl (C=O) groups is 1. The summed E-state index contributed by atoms with van der Waals surface area (Å²) in [5.74, 6) is 1.55. The van der Waals surface area contributed by atoms with Gasteiger partial charge < -0.3 is 14.4 Å². The Hall–Kier alpha value is -1.75. The quantitative estimate of drug-likeness (QED) is 0.801. The minimum atomic E-state index is 0.159. The van der Waals surface area contributed by atoms with Crippen LogP contribution in [0.2, 0.25) is 0 Å². The molecule has 1 fully saturated rings. The van der Waals surface area contributed by atoms with Crippen LogP contribution in [0.15, 0.2) is 18.2 Å². The molecule has 1 saturated heterocycles. The summed E-state index contributed by atoms with van der Waals surface area (Å²) >= 11 is 0. The molecule has 0 bridgehead atoms. The number of nitrogens with zero attached hydrogens (tertiary/aromatic N) is 2. The number of hydrogen-bond acceptors (Lipinski definition) is 4. The molecule has 0 radical (unpaired) electrons. The second-order valence-corrected chi connectivity index (χ2v) is 5.42. The molecule has 0 spiro atoms. The first-order valence-corrected chi connectivity index (χ1v) is 7.31. The average Bonchev–Trinajstić information content (AvgIpc) is 2.99. The summed E-state index contributed by atoms with van der Waals surface area (Å²) in [6, 6.07) is 5.74. The van der Waals surface area contributed by atoms with E-state index in [-0.39, 0.29) is 5.91 Å². The number of likely N-dealkylation sites (tertiary alicyclic amines) is 1. The SMILES string of the molecule is COc1ccc(CN(C)C(=O)CN2CCCC2)cc1OC. The number of carbonyl (C=O) groups excluding carboxylic acids is 1. The Morgan fingerprint density at radius 1 is 1.19 bits per heavy atom. The highest BCUT2D eigenvalue weighted by Crippen LogP contribution is 2.27. The first-order valence-electron chi connectivity index (χ1n) is 7.31. The second kappa shape index (κ2) is 7.31. The fourth-order valence-corrected chi connectivity index (χ4v) is 2.59. The highest BCUT2D eigenvalue weighted by molar-refractivity contribution is 5.78. The first-order chi connectivity index (χ1) is 10.1. The number of benzene rings is 1. The van der Waals surface area contributed by atoms with Gasteiger partial charge in [0.15, 0.2) is 11.5 Å². The van der Waals surface area contributed by atoms with Crippen molar-refractivity contribution in [3.05, 3.63) is 23.8 Å². The van der Waals surface area contributed by atoms with Crippen molar-refractivity contribution in [1.29, 1.82) is 0 Å². The molecule has 0 aliphatic carbocycles. The highest BCUT2D eigenvalue weighted by atomic mass is 16.5. The number of hydrogen-bond donors (Lipinski definition) is 0. The maximum atomic E-state index is 12.2. The van der Waals surface area contributed by atoms with Crippen molar-refractivity contribution < 1.29 is 14.3 Å². The molecule has 5 nitrogen and oxygen atoms in total. The molecular weight excluding hydrogens is 268 g/mol. The fraction of sp³-hybridized carbons (Fsp3) is 0.562. The van der Waals surface area contributed by atoms with Crippen molar-refractivity contribution in [2.24, 2.45) is 0 Å². The topological polar surface area (TPSA) is 42.0 Å². The molecule has 1 heterocycles. The molecule has 5 heteroatoms. The molecule has 0 aromatic heterocycles. The molecule has 1 aromatic rings. The first kappa shape index (κ1) is 15.6. The van der Waals surface area contributed by atoms with Crippen molar-refractivity contribution in [3.8, 4) is 11.5 Å². The number of likely N-dealkylation sites (N-methyl/N-ethyl adjacent to an activating group) is 1. The van der Waals surface area contributed by atoms with E-state index in [1.807, 2.05) is 25.2 Å². The Morgan fingerprint density at radius 2 is 1.86 bits per heavy atom. The molecule has 0 unspecified atom stereocenters. The van der Waals surface area contributed by atoms with E-state index in [9.17, 15) is 4.79 Å². The predicted octanol–water partition coefficient (Wildman–Crippen LogP) is 1.76. The third kappa shape index (κ3) is 4.11. The van der Waals surface area contributed by atoms with Crippen LogP contribution in [-0.4, -0.2) is 56.6 Å². The normalized spacial score (nSPS) is 15.0. The largest absolute Gasteiger partial charge is 0.493 e. The minimum Gasteiger partial charge on any atom is -0.493 e. The van der Waals surface area contributed by atoms with Crippen LogP contribution in [0.25, 0.3) is 0 Å². The van der Waals surface area contributed by atoms with Gasteiger partial charge in [-0.05, 0) is 43.6 Å². The van der Waals surface area contributed by atoms with E-state index < -0.39 is 0 Å². The fourth-order valence-electron chi connectivity index (χ4n) is 2.59. The van der Waals surface area contributed by atoms with Gasteiger partial charge in [-0.15, -0.1) is 0 Å².